The van der Waals surface area contributed by atoms with Crippen molar-refractivity contribution in [2.24, 2.45) is 5.92 Å². The molecule has 4 nitrogen and oxygen atoms in total. The summed E-state index contributed by atoms with van der Waals surface area (Å²) in [5, 5.41) is 3.45. The molecule has 1 aliphatic heterocycles. The van der Waals surface area contributed by atoms with Crippen LogP contribution in [0.5, 0.6) is 5.88 Å². The Morgan fingerprint density at radius 3 is 3.05 bits per heavy atom. The van der Waals surface area contributed by atoms with Gasteiger partial charge in [-0.25, -0.2) is 9.97 Å². The second-order valence-corrected chi connectivity index (χ2v) is 5.66. The van der Waals surface area contributed by atoms with E-state index in [1.54, 1.807) is 6.33 Å². The molecule has 1 unspecified atom stereocenters. The van der Waals surface area contributed by atoms with Crippen LogP contribution in [0.15, 0.2) is 6.33 Å². The van der Waals surface area contributed by atoms with Crippen molar-refractivity contribution in [3.63, 3.8) is 0 Å². The summed E-state index contributed by atoms with van der Waals surface area (Å²) in [6, 6.07) is 0. The highest BCUT2D eigenvalue weighted by molar-refractivity contribution is 5.31. The quantitative estimate of drug-likeness (QED) is 0.902. The number of fused-ring (bicyclic) bond motifs is 1. The molecule has 1 aromatic heterocycles. The molecule has 2 aliphatic rings. The van der Waals surface area contributed by atoms with Crippen LogP contribution < -0.4 is 10.1 Å². The smallest absolute Gasteiger partial charge is 0.219 e. The standard InChI is InChI=1S/C15H23N3O/c1-2-6-14-13(5-1)15(18-11-17-14)19-9-7-12-4-3-8-16-10-12/h11-12,16H,1-10H2. The molecule has 1 aromatic rings. The number of hydrogen-bond donors (Lipinski definition) is 1. The van der Waals surface area contributed by atoms with Crippen molar-refractivity contribution in [3.05, 3.63) is 17.6 Å². The molecule has 1 aliphatic carbocycles. The van der Waals surface area contributed by atoms with Gasteiger partial charge in [0.15, 0.2) is 0 Å². The molecule has 0 saturated carbocycles. The summed E-state index contributed by atoms with van der Waals surface area (Å²) in [6.45, 7) is 3.11. The van der Waals surface area contributed by atoms with E-state index in [1.807, 2.05) is 0 Å². The molecule has 1 saturated heterocycles. The molecule has 1 atom stereocenters. The van der Waals surface area contributed by atoms with Crippen molar-refractivity contribution >= 4 is 0 Å². The molecule has 0 amide bonds. The minimum Gasteiger partial charge on any atom is -0.477 e. The third kappa shape index (κ3) is 3.24. The first kappa shape index (κ1) is 12.9. The summed E-state index contributed by atoms with van der Waals surface area (Å²) in [5.74, 6) is 1.61. The van der Waals surface area contributed by atoms with Gasteiger partial charge in [0.05, 0.1) is 12.3 Å². The van der Waals surface area contributed by atoms with E-state index in [2.05, 4.69) is 15.3 Å². The lowest BCUT2D eigenvalue weighted by Crippen LogP contribution is -2.30. The van der Waals surface area contributed by atoms with Gasteiger partial charge in [-0.2, -0.15) is 0 Å². The maximum atomic E-state index is 5.93. The second kappa shape index (κ2) is 6.33. The van der Waals surface area contributed by atoms with Crippen LogP contribution in [0.2, 0.25) is 0 Å². The van der Waals surface area contributed by atoms with Gasteiger partial charge in [-0.3, -0.25) is 0 Å². The van der Waals surface area contributed by atoms with Crippen LogP contribution in [-0.2, 0) is 12.8 Å². The molecule has 0 bridgehead atoms. The molecule has 0 radical (unpaired) electrons. The summed E-state index contributed by atoms with van der Waals surface area (Å²) in [6.07, 6.45) is 10.1. The number of ether oxygens (including phenoxy) is 1. The summed E-state index contributed by atoms with van der Waals surface area (Å²) in [5.41, 5.74) is 2.46. The highest BCUT2D eigenvalue weighted by Gasteiger charge is 2.17. The summed E-state index contributed by atoms with van der Waals surface area (Å²) in [4.78, 5) is 8.70. The SMILES string of the molecule is c1nc2c(c(OCCC3CCCNC3)n1)CCCC2. The van der Waals surface area contributed by atoms with E-state index in [0.29, 0.717) is 0 Å². The zero-order valence-corrected chi connectivity index (χ0v) is 11.5. The van der Waals surface area contributed by atoms with Crippen LogP contribution in [-0.4, -0.2) is 29.7 Å². The largest absolute Gasteiger partial charge is 0.477 e. The van der Waals surface area contributed by atoms with Gasteiger partial charge in [0, 0.05) is 5.56 Å². The molecule has 0 aromatic carbocycles. The molecular weight excluding hydrogens is 238 g/mol. The molecule has 0 spiro atoms. The predicted molar refractivity (Wildman–Crippen MR) is 74.4 cm³/mol. The number of piperidine rings is 1. The lowest BCUT2D eigenvalue weighted by atomic mass is 9.96. The van der Waals surface area contributed by atoms with Gasteiger partial charge in [0.1, 0.15) is 6.33 Å². The first-order valence-electron chi connectivity index (χ1n) is 7.60. The van der Waals surface area contributed by atoms with Crippen molar-refractivity contribution in [1.82, 2.24) is 15.3 Å². The minimum absolute atomic E-state index is 0.770. The molecule has 2 heterocycles. The van der Waals surface area contributed by atoms with Crippen molar-refractivity contribution < 1.29 is 4.74 Å². The monoisotopic (exact) mass is 261 g/mol. The Kier molecular flexibility index (Phi) is 4.28. The highest BCUT2D eigenvalue weighted by atomic mass is 16.5. The lowest BCUT2D eigenvalue weighted by Gasteiger charge is -2.23. The number of rotatable bonds is 4. The Labute approximate surface area is 115 Å². The molecule has 4 heteroatoms. The zero-order valence-electron chi connectivity index (χ0n) is 11.5. The molecular formula is C15H23N3O. The van der Waals surface area contributed by atoms with Crippen molar-refractivity contribution in [1.29, 1.82) is 0 Å². The van der Waals surface area contributed by atoms with E-state index in [9.17, 15) is 0 Å². The number of nitrogens with zero attached hydrogens (tertiary/aromatic N) is 2. The van der Waals surface area contributed by atoms with Gasteiger partial charge in [-0.1, -0.05) is 0 Å². The molecule has 104 valence electrons. The Morgan fingerprint density at radius 1 is 1.21 bits per heavy atom. The van der Waals surface area contributed by atoms with E-state index >= 15 is 0 Å². The van der Waals surface area contributed by atoms with Gasteiger partial charge in [0.25, 0.3) is 0 Å². The number of aryl methyl sites for hydroxylation is 1. The molecule has 1 fully saturated rings. The fourth-order valence-electron chi connectivity index (χ4n) is 3.11. The first-order chi connectivity index (χ1) is 9.43. The molecule has 3 rings (SSSR count). The Hall–Kier alpha value is -1.16. The molecule has 19 heavy (non-hydrogen) atoms. The fraction of sp³-hybridized carbons (Fsp3) is 0.733. The Morgan fingerprint density at radius 2 is 2.16 bits per heavy atom. The topological polar surface area (TPSA) is 47.0 Å². The van der Waals surface area contributed by atoms with E-state index in [4.69, 9.17) is 4.74 Å². The highest BCUT2D eigenvalue weighted by Crippen LogP contribution is 2.26. The summed E-state index contributed by atoms with van der Waals surface area (Å²) < 4.78 is 5.93. The van der Waals surface area contributed by atoms with Crippen LogP contribution in [0.1, 0.15) is 43.4 Å². The van der Waals surface area contributed by atoms with E-state index < -0.39 is 0 Å². The van der Waals surface area contributed by atoms with Crippen LogP contribution in [0.3, 0.4) is 0 Å². The zero-order chi connectivity index (χ0) is 12.9. The first-order valence-corrected chi connectivity index (χ1v) is 7.60. The van der Waals surface area contributed by atoms with Gasteiger partial charge in [-0.05, 0) is 64.0 Å². The van der Waals surface area contributed by atoms with Crippen LogP contribution in [0, 0.1) is 5.92 Å². The number of nitrogens with one attached hydrogen (secondary N) is 1. The minimum atomic E-state index is 0.770. The van der Waals surface area contributed by atoms with E-state index in [0.717, 1.165) is 44.2 Å². The summed E-state index contributed by atoms with van der Waals surface area (Å²) >= 11 is 0. The second-order valence-electron chi connectivity index (χ2n) is 5.66. The Bertz CT molecular complexity index is 416. The van der Waals surface area contributed by atoms with Gasteiger partial charge in [0.2, 0.25) is 5.88 Å². The van der Waals surface area contributed by atoms with Crippen molar-refractivity contribution in [2.45, 2.75) is 44.9 Å². The average molecular weight is 261 g/mol. The third-order valence-electron chi connectivity index (χ3n) is 4.25. The Balaban J connectivity index is 1.54. The van der Waals surface area contributed by atoms with E-state index in [-0.39, 0.29) is 0 Å². The van der Waals surface area contributed by atoms with Gasteiger partial charge >= 0.3 is 0 Å². The van der Waals surface area contributed by atoms with Gasteiger partial charge in [-0.15, -0.1) is 0 Å². The average Bonchev–Trinajstić information content (AvgIpc) is 2.49. The lowest BCUT2D eigenvalue weighted by molar-refractivity contribution is 0.244. The number of aromatic nitrogens is 2. The van der Waals surface area contributed by atoms with Crippen LogP contribution in [0.4, 0.5) is 0 Å². The van der Waals surface area contributed by atoms with Crippen LogP contribution >= 0.6 is 0 Å². The third-order valence-corrected chi connectivity index (χ3v) is 4.25. The van der Waals surface area contributed by atoms with Crippen LogP contribution in [0.25, 0.3) is 0 Å². The fourth-order valence-corrected chi connectivity index (χ4v) is 3.11. The summed E-state index contributed by atoms with van der Waals surface area (Å²) in [7, 11) is 0. The van der Waals surface area contributed by atoms with Crippen molar-refractivity contribution in [3.8, 4) is 5.88 Å². The van der Waals surface area contributed by atoms with Gasteiger partial charge < -0.3 is 10.1 Å². The van der Waals surface area contributed by atoms with Crippen molar-refractivity contribution in [2.75, 3.05) is 19.7 Å². The maximum absolute atomic E-state index is 5.93. The maximum Gasteiger partial charge on any atom is 0.219 e. The number of hydrogen-bond acceptors (Lipinski definition) is 4. The predicted octanol–water partition coefficient (Wildman–Crippen LogP) is 2.12. The molecule has 1 N–H and O–H groups in total. The normalized spacial score (nSPS) is 22.8. The van der Waals surface area contributed by atoms with E-state index in [1.165, 1.54) is 43.5 Å².